The highest BCUT2D eigenvalue weighted by Gasteiger charge is 2.30. The molecule has 0 heterocycles. The molecule has 0 unspecified atom stereocenters. The van der Waals surface area contributed by atoms with Gasteiger partial charge in [0.1, 0.15) is 17.2 Å². The van der Waals surface area contributed by atoms with Gasteiger partial charge in [0.25, 0.3) is 5.24 Å². The Labute approximate surface area is 141 Å². The zero-order chi connectivity index (χ0) is 17.7. The highest BCUT2D eigenvalue weighted by molar-refractivity contribution is 6.67. The van der Waals surface area contributed by atoms with E-state index in [-0.39, 0.29) is 11.5 Å². The van der Waals surface area contributed by atoms with Gasteiger partial charge in [-0.2, -0.15) is 13.2 Å². The van der Waals surface area contributed by atoms with Gasteiger partial charge < -0.3 is 9.47 Å². The van der Waals surface area contributed by atoms with Crippen molar-refractivity contribution in [3.8, 4) is 17.2 Å². The van der Waals surface area contributed by atoms with Gasteiger partial charge in [0, 0.05) is 0 Å². The summed E-state index contributed by atoms with van der Waals surface area (Å²) in [4.78, 5) is 11.1. The molecule has 2 aromatic rings. The van der Waals surface area contributed by atoms with Crippen LogP contribution in [0.1, 0.15) is 12.5 Å². The van der Waals surface area contributed by atoms with E-state index in [1.807, 2.05) is 0 Å². The maximum absolute atomic E-state index is 12.5. The number of hydrogen-bond acceptors (Lipinski definition) is 3. The molecule has 0 atom stereocenters. The first-order chi connectivity index (χ1) is 11.3. The summed E-state index contributed by atoms with van der Waals surface area (Å²) in [6.45, 7) is 1.61. The maximum Gasteiger partial charge on any atom is 0.416 e. The van der Waals surface area contributed by atoms with Crippen molar-refractivity contribution < 1.29 is 27.4 Å². The third kappa shape index (κ3) is 4.76. The fourth-order valence-corrected chi connectivity index (χ4v) is 1.91. The molecule has 0 radical (unpaired) electrons. The maximum atomic E-state index is 12.5. The van der Waals surface area contributed by atoms with Crippen LogP contribution in [0.4, 0.5) is 13.2 Å². The van der Waals surface area contributed by atoms with Crippen LogP contribution >= 0.6 is 11.6 Å². The largest absolute Gasteiger partial charge is 0.457 e. The highest BCUT2D eigenvalue weighted by Crippen LogP contribution is 2.31. The van der Waals surface area contributed by atoms with Gasteiger partial charge in [-0.25, -0.2) is 0 Å². The minimum absolute atomic E-state index is 0.00641. The van der Waals surface area contributed by atoms with Gasteiger partial charge in [-0.05, 0) is 73.1 Å². The molecule has 24 heavy (non-hydrogen) atoms. The number of benzene rings is 2. The number of halogens is 4. The summed E-state index contributed by atoms with van der Waals surface area (Å²) in [6, 6.07) is 10.5. The molecule has 0 N–H and O–H groups in total. The van der Waals surface area contributed by atoms with Crippen molar-refractivity contribution in [2.75, 3.05) is 0 Å². The lowest BCUT2D eigenvalue weighted by Crippen LogP contribution is -2.04. The molecule has 0 aliphatic carbocycles. The van der Waals surface area contributed by atoms with E-state index < -0.39 is 17.0 Å². The lowest BCUT2D eigenvalue weighted by atomic mass is 10.2. The summed E-state index contributed by atoms with van der Waals surface area (Å²) in [5.41, 5.74) is -0.747. The quantitative estimate of drug-likeness (QED) is 0.400. The van der Waals surface area contributed by atoms with Crippen molar-refractivity contribution >= 4 is 16.8 Å². The van der Waals surface area contributed by atoms with Gasteiger partial charge in [0.05, 0.1) is 5.56 Å². The average molecular weight is 357 g/mol. The van der Waals surface area contributed by atoms with Crippen LogP contribution in [0.2, 0.25) is 0 Å². The van der Waals surface area contributed by atoms with E-state index in [1.165, 1.54) is 18.2 Å². The van der Waals surface area contributed by atoms with E-state index in [0.29, 0.717) is 11.5 Å². The summed E-state index contributed by atoms with van der Waals surface area (Å²) < 4.78 is 48.2. The third-order valence-electron chi connectivity index (χ3n) is 2.92. The smallest absolute Gasteiger partial charge is 0.416 e. The molecule has 126 valence electrons. The van der Waals surface area contributed by atoms with Crippen molar-refractivity contribution in [2.24, 2.45) is 0 Å². The van der Waals surface area contributed by atoms with Crippen LogP contribution in [0.5, 0.6) is 17.2 Å². The first-order valence-electron chi connectivity index (χ1n) is 6.79. The molecule has 3 nitrogen and oxygen atoms in total. The zero-order valence-electron chi connectivity index (χ0n) is 12.4. The Bertz CT molecular complexity index is 735. The lowest BCUT2D eigenvalue weighted by molar-refractivity contribution is -0.137. The summed E-state index contributed by atoms with van der Waals surface area (Å²) in [5, 5.41) is -0.720. The van der Waals surface area contributed by atoms with Crippen molar-refractivity contribution in [3.05, 3.63) is 65.9 Å². The van der Waals surface area contributed by atoms with Crippen LogP contribution in [0.3, 0.4) is 0 Å². The second-order valence-electron chi connectivity index (χ2n) is 4.62. The normalized spacial score (nSPS) is 12.0. The summed E-state index contributed by atoms with van der Waals surface area (Å²) in [7, 11) is 0. The van der Waals surface area contributed by atoms with Crippen LogP contribution < -0.4 is 9.47 Å². The first-order valence-corrected chi connectivity index (χ1v) is 7.16. The van der Waals surface area contributed by atoms with E-state index in [4.69, 9.17) is 21.1 Å². The van der Waals surface area contributed by atoms with Gasteiger partial charge in [-0.3, -0.25) is 4.79 Å². The van der Waals surface area contributed by atoms with Crippen LogP contribution in [-0.4, -0.2) is 5.24 Å². The monoisotopic (exact) mass is 356 g/mol. The molecular weight excluding hydrogens is 345 g/mol. The van der Waals surface area contributed by atoms with Gasteiger partial charge in [0.2, 0.25) is 0 Å². The molecule has 0 fully saturated rings. The van der Waals surface area contributed by atoms with Crippen LogP contribution in [0, 0.1) is 0 Å². The van der Waals surface area contributed by atoms with Crippen molar-refractivity contribution in [1.29, 1.82) is 0 Å². The lowest BCUT2D eigenvalue weighted by Gasteiger charge is -2.10. The molecule has 2 aromatic carbocycles. The van der Waals surface area contributed by atoms with E-state index in [2.05, 4.69) is 0 Å². The fourth-order valence-electron chi connectivity index (χ4n) is 1.76. The van der Waals surface area contributed by atoms with Crippen LogP contribution in [-0.2, 0) is 11.0 Å². The average Bonchev–Trinajstić information content (AvgIpc) is 2.53. The Kier molecular flexibility index (Phi) is 5.51. The Balaban J connectivity index is 2.05. The molecule has 0 aliphatic heterocycles. The summed E-state index contributed by atoms with van der Waals surface area (Å²) in [6.07, 6.45) is -2.95. The number of rotatable bonds is 5. The number of carbonyl (C=O) groups is 1. The number of ether oxygens (including phenoxy) is 2. The van der Waals surface area contributed by atoms with Crippen molar-refractivity contribution in [1.82, 2.24) is 0 Å². The molecule has 0 aromatic heterocycles. The number of allylic oxidation sites excluding steroid dienone is 2. The van der Waals surface area contributed by atoms with Gasteiger partial charge in [-0.15, -0.1) is 0 Å². The van der Waals surface area contributed by atoms with E-state index in [9.17, 15) is 18.0 Å². The minimum atomic E-state index is -4.39. The van der Waals surface area contributed by atoms with Crippen molar-refractivity contribution in [3.63, 3.8) is 0 Å². The van der Waals surface area contributed by atoms with Crippen LogP contribution in [0.25, 0.3) is 0 Å². The Morgan fingerprint density at radius 1 is 0.958 bits per heavy atom. The minimum Gasteiger partial charge on any atom is -0.457 e. The summed E-state index contributed by atoms with van der Waals surface area (Å²) in [5.74, 6) is 1.04. The predicted molar refractivity (Wildman–Crippen MR) is 83.2 cm³/mol. The molecule has 0 amide bonds. The molecule has 0 saturated heterocycles. The molecule has 0 spiro atoms. The summed E-state index contributed by atoms with van der Waals surface area (Å²) >= 11 is 5.34. The topological polar surface area (TPSA) is 35.5 Å². The van der Waals surface area contributed by atoms with Gasteiger partial charge >= 0.3 is 6.18 Å². The first kappa shape index (κ1) is 17.9. The van der Waals surface area contributed by atoms with E-state index in [0.717, 1.165) is 12.1 Å². The van der Waals surface area contributed by atoms with Crippen molar-refractivity contribution in [2.45, 2.75) is 13.1 Å². The highest BCUT2D eigenvalue weighted by atomic mass is 35.5. The second-order valence-corrected chi connectivity index (χ2v) is 4.97. The van der Waals surface area contributed by atoms with Gasteiger partial charge in [0.15, 0.2) is 5.76 Å². The Morgan fingerprint density at radius 3 is 1.83 bits per heavy atom. The second kappa shape index (κ2) is 7.40. The Morgan fingerprint density at radius 2 is 1.42 bits per heavy atom. The molecule has 0 saturated carbocycles. The van der Waals surface area contributed by atoms with E-state index >= 15 is 0 Å². The van der Waals surface area contributed by atoms with E-state index in [1.54, 1.807) is 31.2 Å². The third-order valence-corrected chi connectivity index (χ3v) is 3.11. The molecule has 0 bridgehead atoms. The predicted octanol–water partition coefficient (Wildman–Crippen LogP) is 5.55. The SMILES string of the molecule is C/C=C(\Oc1ccc(Oc2ccc(C(F)(F)F)cc2)cc1)C(=O)Cl. The number of carbonyl (C=O) groups excluding carboxylic acids is 1. The fraction of sp³-hybridized carbons (Fsp3) is 0.118. The Hall–Kier alpha value is -2.47. The number of alkyl halides is 3. The standard InChI is InChI=1S/C17H12ClF3O3/c1-2-15(16(18)22)24-14-9-7-13(8-10-14)23-12-5-3-11(4-6-12)17(19,20)21/h2-10H,1H3/b15-2-. The molecule has 2 rings (SSSR count). The molecule has 7 heteroatoms. The number of hydrogen-bond donors (Lipinski definition) is 0. The zero-order valence-corrected chi connectivity index (χ0v) is 13.2. The van der Waals surface area contributed by atoms with Gasteiger partial charge in [-0.1, -0.05) is 0 Å². The van der Waals surface area contributed by atoms with Crippen LogP contribution in [0.15, 0.2) is 60.4 Å². The molecule has 0 aliphatic rings. The molecular formula is C17H12ClF3O3.